The van der Waals surface area contributed by atoms with Gasteiger partial charge in [-0.2, -0.15) is 0 Å². The van der Waals surface area contributed by atoms with Crippen LogP contribution in [0.5, 0.6) is 5.75 Å². The van der Waals surface area contributed by atoms with Gasteiger partial charge in [-0.05, 0) is 48.5 Å². The van der Waals surface area contributed by atoms with Gasteiger partial charge in [-0.3, -0.25) is 4.79 Å². The van der Waals surface area contributed by atoms with Gasteiger partial charge in [0, 0.05) is 32.2 Å². The Morgan fingerprint density at radius 3 is 2.13 bits per heavy atom. The topological polar surface area (TPSA) is 51.2 Å². The highest BCUT2D eigenvalue weighted by molar-refractivity contribution is 7.13. The second kappa shape index (κ2) is 9.30. The van der Waals surface area contributed by atoms with Crippen LogP contribution < -0.4 is 10.1 Å². The largest absolute Gasteiger partial charge is 0.484 e. The molecule has 1 amide bonds. The number of hydrogen-bond acceptors (Lipinski definition) is 4. The molecule has 0 unspecified atom stereocenters. The quantitative estimate of drug-likeness (QED) is 0.348. The van der Waals surface area contributed by atoms with Gasteiger partial charge in [0.1, 0.15) is 10.8 Å². The van der Waals surface area contributed by atoms with Gasteiger partial charge in [-0.15, -0.1) is 11.3 Å². The molecule has 0 aliphatic rings. The molecule has 0 saturated carbocycles. The van der Waals surface area contributed by atoms with E-state index in [1.807, 2.05) is 53.9 Å². The Labute approximate surface area is 188 Å². The van der Waals surface area contributed by atoms with Crippen molar-refractivity contribution in [3.63, 3.8) is 0 Å². The van der Waals surface area contributed by atoms with Crippen LogP contribution in [-0.4, -0.2) is 17.5 Å². The SMILES string of the molecule is O=C(COc1ccc(Cl)cc1)Nc1ccc(-c2csc(-c3ccc(Cl)cc3)n2)cc1. The molecule has 4 rings (SSSR count). The summed E-state index contributed by atoms with van der Waals surface area (Å²) in [7, 11) is 0. The van der Waals surface area contributed by atoms with Crippen LogP contribution in [0.3, 0.4) is 0 Å². The number of ether oxygens (including phenoxy) is 1. The summed E-state index contributed by atoms with van der Waals surface area (Å²) in [5.41, 5.74) is 3.58. The molecule has 0 atom stereocenters. The molecule has 1 heterocycles. The third-order valence-corrected chi connectivity index (χ3v) is 5.64. The average molecular weight is 455 g/mol. The lowest BCUT2D eigenvalue weighted by atomic mass is 10.1. The number of carbonyl (C=O) groups is 1. The number of thiazole rings is 1. The minimum absolute atomic E-state index is 0.0834. The summed E-state index contributed by atoms with van der Waals surface area (Å²) in [6.45, 7) is -0.0834. The fourth-order valence-corrected chi connectivity index (χ4v) is 3.82. The molecule has 4 aromatic rings. The summed E-state index contributed by atoms with van der Waals surface area (Å²) in [6.07, 6.45) is 0. The third-order valence-electron chi connectivity index (χ3n) is 4.24. The van der Waals surface area contributed by atoms with Gasteiger partial charge in [-0.1, -0.05) is 47.5 Å². The van der Waals surface area contributed by atoms with Gasteiger partial charge in [0.25, 0.3) is 5.91 Å². The van der Waals surface area contributed by atoms with E-state index in [0.29, 0.717) is 21.5 Å². The predicted octanol–water partition coefficient (Wildman–Crippen LogP) is 6.80. The van der Waals surface area contributed by atoms with Crippen molar-refractivity contribution in [2.75, 3.05) is 11.9 Å². The fraction of sp³-hybridized carbons (Fsp3) is 0.0435. The summed E-state index contributed by atoms with van der Waals surface area (Å²) >= 11 is 13.4. The Bertz CT molecular complexity index is 1140. The Morgan fingerprint density at radius 1 is 0.867 bits per heavy atom. The highest BCUT2D eigenvalue weighted by atomic mass is 35.5. The molecule has 0 aliphatic carbocycles. The van der Waals surface area contributed by atoms with Crippen molar-refractivity contribution in [3.05, 3.63) is 88.2 Å². The van der Waals surface area contributed by atoms with E-state index in [4.69, 9.17) is 32.9 Å². The maximum Gasteiger partial charge on any atom is 0.262 e. The van der Waals surface area contributed by atoms with Crippen LogP contribution in [-0.2, 0) is 4.79 Å². The third kappa shape index (κ3) is 5.19. The molecule has 3 aromatic carbocycles. The Balaban J connectivity index is 1.36. The minimum atomic E-state index is -0.239. The smallest absolute Gasteiger partial charge is 0.262 e. The number of aromatic nitrogens is 1. The van der Waals surface area contributed by atoms with E-state index in [9.17, 15) is 4.79 Å². The molecule has 150 valence electrons. The first kappa shape index (κ1) is 20.4. The molecule has 1 N–H and O–H groups in total. The van der Waals surface area contributed by atoms with Crippen LogP contribution in [0.1, 0.15) is 0 Å². The van der Waals surface area contributed by atoms with Crippen LogP contribution >= 0.6 is 34.5 Å². The van der Waals surface area contributed by atoms with E-state index < -0.39 is 0 Å². The average Bonchev–Trinajstić information content (AvgIpc) is 3.25. The summed E-state index contributed by atoms with van der Waals surface area (Å²) in [5.74, 6) is 0.348. The number of nitrogens with zero attached hydrogens (tertiary/aromatic N) is 1. The zero-order valence-electron chi connectivity index (χ0n) is 15.6. The Hall–Kier alpha value is -2.86. The molecule has 0 saturated heterocycles. The van der Waals surface area contributed by atoms with Crippen LogP contribution in [0.25, 0.3) is 21.8 Å². The number of anilines is 1. The van der Waals surface area contributed by atoms with Crippen molar-refractivity contribution < 1.29 is 9.53 Å². The summed E-state index contributed by atoms with van der Waals surface area (Å²) in [4.78, 5) is 16.8. The molecular formula is C23H16Cl2N2O2S. The molecule has 0 aliphatic heterocycles. The lowest BCUT2D eigenvalue weighted by Crippen LogP contribution is -2.20. The Morgan fingerprint density at radius 2 is 1.47 bits per heavy atom. The lowest BCUT2D eigenvalue weighted by Gasteiger charge is -2.08. The second-order valence-electron chi connectivity index (χ2n) is 6.41. The number of benzene rings is 3. The molecule has 4 nitrogen and oxygen atoms in total. The number of amides is 1. The van der Waals surface area contributed by atoms with Crippen LogP contribution in [0.2, 0.25) is 10.0 Å². The molecule has 0 spiro atoms. The summed E-state index contributed by atoms with van der Waals surface area (Å²) in [6, 6.07) is 22.0. The van der Waals surface area contributed by atoms with Gasteiger partial charge in [0.2, 0.25) is 0 Å². The molecular weight excluding hydrogens is 439 g/mol. The summed E-state index contributed by atoms with van der Waals surface area (Å²) < 4.78 is 5.45. The van der Waals surface area contributed by atoms with E-state index >= 15 is 0 Å². The maximum absolute atomic E-state index is 12.1. The van der Waals surface area contributed by atoms with E-state index in [1.54, 1.807) is 35.6 Å². The normalized spacial score (nSPS) is 10.6. The molecule has 0 bridgehead atoms. The number of rotatable bonds is 6. The first-order valence-electron chi connectivity index (χ1n) is 9.07. The zero-order valence-corrected chi connectivity index (χ0v) is 18.0. The minimum Gasteiger partial charge on any atom is -0.484 e. The maximum atomic E-state index is 12.1. The van der Waals surface area contributed by atoms with Crippen LogP contribution in [0, 0.1) is 0 Å². The highest BCUT2D eigenvalue weighted by Gasteiger charge is 2.08. The first-order valence-corrected chi connectivity index (χ1v) is 10.7. The van der Waals surface area contributed by atoms with Crippen molar-refractivity contribution in [1.82, 2.24) is 4.98 Å². The van der Waals surface area contributed by atoms with E-state index in [2.05, 4.69) is 5.32 Å². The van der Waals surface area contributed by atoms with Gasteiger partial charge < -0.3 is 10.1 Å². The second-order valence-corrected chi connectivity index (χ2v) is 8.14. The number of carbonyl (C=O) groups excluding carboxylic acids is 1. The zero-order chi connectivity index (χ0) is 20.9. The number of halogens is 2. The van der Waals surface area contributed by atoms with Gasteiger partial charge in [-0.25, -0.2) is 4.98 Å². The standard InChI is InChI=1S/C23H16Cl2N2O2S/c24-17-5-1-16(2-6-17)23-27-21(14-30-23)15-3-9-19(10-4-15)26-22(28)13-29-20-11-7-18(25)8-12-20/h1-12,14H,13H2,(H,26,28). The number of nitrogens with one attached hydrogen (secondary N) is 1. The predicted molar refractivity (Wildman–Crippen MR) is 124 cm³/mol. The van der Waals surface area contributed by atoms with E-state index in [-0.39, 0.29) is 12.5 Å². The molecule has 0 fully saturated rings. The number of hydrogen-bond donors (Lipinski definition) is 1. The van der Waals surface area contributed by atoms with Crippen molar-refractivity contribution >= 4 is 46.1 Å². The van der Waals surface area contributed by atoms with Gasteiger partial charge >= 0.3 is 0 Å². The van der Waals surface area contributed by atoms with E-state index in [0.717, 1.165) is 21.8 Å². The molecule has 0 radical (unpaired) electrons. The lowest BCUT2D eigenvalue weighted by molar-refractivity contribution is -0.118. The van der Waals surface area contributed by atoms with Gasteiger partial charge in [0.15, 0.2) is 6.61 Å². The Kier molecular flexibility index (Phi) is 6.33. The summed E-state index contributed by atoms with van der Waals surface area (Å²) in [5, 5.41) is 7.08. The van der Waals surface area contributed by atoms with Gasteiger partial charge in [0.05, 0.1) is 5.69 Å². The van der Waals surface area contributed by atoms with E-state index in [1.165, 1.54) is 0 Å². The highest BCUT2D eigenvalue weighted by Crippen LogP contribution is 2.30. The first-order chi connectivity index (χ1) is 14.6. The fourth-order valence-electron chi connectivity index (χ4n) is 2.73. The molecule has 30 heavy (non-hydrogen) atoms. The monoisotopic (exact) mass is 454 g/mol. The van der Waals surface area contributed by atoms with Crippen molar-refractivity contribution in [3.8, 4) is 27.6 Å². The van der Waals surface area contributed by atoms with Crippen molar-refractivity contribution in [2.45, 2.75) is 0 Å². The van der Waals surface area contributed by atoms with Crippen LogP contribution in [0.4, 0.5) is 5.69 Å². The van der Waals surface area contributed by atoms with Crippen molar-refractivity contribution in [2.24, 2.45) is 0 Å². The molecule has 7 heteroatoms. The van der Waals surface area contributed by atoms with Crippen molar-refractivity contribution in [1.29, 1.82) is 0 Å². The van der Waals surface area contributed by atoms with Crippen LogP contribution in [0.15, 0.2) is 78.2 Å². The molecule has 1 aromatic heterocycles.